The van der Waals surface area contributed by atoms with Crippen LogP contribution in [0.1, 0.15) is 45.9 Å². The second-order valence-corrected chi connectivity index (χ2v) is 8.27. The highest BCUT2D eigenvalue weighted by atomic mass is 16.2. The Morgan fingerprint density at radius 1 is 1.16 bits per heavy atom. The second-order valence-electron chi connectivity index (χ2n) is 8.27. The molecule has 0 spiro atoms. The van der Waals surface area contributed by atoms with Crippen molar-refractivity contribution in [3.8, 4) is 0 Å². The Labute approximate surface area is 189 Å². The van der Waals surface area contributed by atoms with Crippen LogP contribution in [0, 0.1) is 6.92 Å². The number of fused-ring (bicyclic) bond motifs is 1. The number of rotatable bonds is 10. The van der Waals surface area contributed by atoms with Crippen molar-refractivity contribution in [3.05, 3.63) is 30.1 Å². The van der Waals surface area contributed by atoms with Crippen LogP contribution in [0.25, 0.3) is 11.0 Å². The maximum Gasteiger partial charge on any atom is 0.325 e. The van der Waals surface area contributed by atoms with Gasteiger partial charge < -0.3 is 20.5 Å². The lowest BCUT2D eigenvalue weighted by atomic mass is 9.99. The Bertz CT molecular complexity index is 984. The summed E-state index contributed by atoms with van der Waals surface area (Å²) in [6.07, 6.45) is 2.13. The van der Waals surface area contributed by atoms with Gasteiger partial charge in [0.1, 0.15) is 11.4 Å². The molecule has 0 radical (unpaired) electrons. The Hall–Kier alpha value is -3.10. The number of amides is 3. The van der Waals surface area contributed by atoms with Gasteiger partial charge in [-0.1, -0.05) is 19.1 Å². The van der Waals surface area contributed by atoms with E-state index in [2.05, 4.69) is 36.6 Å². The van der Waals surface area contributed by atoms with E-state index in [1.165, 1.54) is 4.90 Å². The number of aryl methyl sites for hydroxylation is 2. The zero-order chi connectivity index (χ0) is 23.1. The lowest BCUT2D eigenvalue weighted by molar-refractivity contribution is -0.130. The van der Waals surface area contributed by atoms with Gasteiger partial charge in [0, 0.05) is 32.7 Å². The van der Waals surface area contributed by atoms with Gasteiger partial charge in [0.2, 0.25) is 0 Å². The molecule has 3 N–H and O–H groups in total. The van der Waals surface area contributed by atoms with Gasteiger partial charge in [-0.2, -0.15) is 0 Å². The number of benzene rings is 1. The molecule has 3 amide bonds. The molecule has 1 unspecified atom stereocenters. The van der Waals surface area contributed by atoms with E-state index < -0.39 is 5.54 Å². The fourth-order valence-corrected chi connectivity index (χ4v) is 3.87. The first-order chi connectivity index (χ1) is 15.4. The van der Waals surface area contributed by atoms with Crippen molar-refractivity contribution in [2.24, 2.45) is 4.99 Å². The lowest BCUT2D eigenvalue weighted by Gasteiger charge is -2.19. The van der Waals surface area contributed by atoms with Crippen LogP contribution < -0.4 is 16.0 Å². The number of para-hydroxylation sites is 2. The number of nitrogens with zero attached hydrogens (tertiary/aromatic N) is 4. The number of carbonyl (C=O) groups is 2. The Kier molecular flexibility index (Phi) is 7.71. The predicted octanol–water partition coefficient (Wildman–Crippen LogP) is 2.40. The van der Waals surface area contributed by atoms with E-state index in [0.29, 0.717) is 25.9 Å². The Morgan fingerprint density at radius 3 is 2.66 bits per heavy atom. The first-order valence-electron chi connectivity index (χ1n) is 11.5. The molecule has 0 aliphatic carbocycles. The van der Waals surface area contributed by atoms with Gasteiger partial charge in [-0.3, -0.25) is 14.7 Å². The van der Waals surface area contributed by atoms with Crippen molar-refractivity contribution in [2.75, 3.05) is 26.2 Å². The van der Waals surface area contributed by atoms with Crippen molar-refractivity contribution >= 4 is 28.9 Å². The molecule has 1 aliphatic heterocycles. The minimum atomic E-state index is -0.782. The van der Waals surface area contributed by atoms with Crippen LogP contribution in [0.15, 0.2) is 29.3 Å². The summed E-state index contributed by atoms with van der Waals surface area (Å²) in [5.41, 5.74) is 1.40. The van der Waals surface area contributed by atoms with Crippen molar-refractivity contribution in [3.63, 3.8) is 0 Å². The van der Waals surface area contributed by atoms with E-state index in [-0.39, 0.29) is 11.9 Å². The number of aliphatic imine (C=N–C) groups is 1. The zero-order valence-electron chi connectivity index (χ0n) is 19.6. The van der Waals surface area contributed by atoms with Crippen molar-refractivity contribution in [1.29, 1.82) is 0 Å². The first-order valence-corrected chi connectivity index (χ1v) is 11.5. The number of imidazole rings is 1. The van der Waals surface area contributed by atoms with Crippen LogP contribution in [0.4, 0.5) is 4.79 Å². The fourth-order valence-electron chi connectivity index (χ4n) is 3.87. The van der Waals surface area contributed by atoms with Gasteiger partial charge in [0.25, 0.3) is 5.91 Å². The normalized spacial score (nSPS) is 19.0. The molecule has 1 fully saturated rings. The molecule has 0 saturated carbocycles. The molecule has 32 heavy (non-hydrogen) atoms. The third-order valence-corrected chi connectivity index (χ3v) is 5.90. The third kappa shape index (κ3) is 5.20. The van der Waals surface area contributed by atoms with Crippen molar-refractivity contribution in [1.82, 2.24) is 30.4 Å². The molecule has 1 atom stereocenters. The molecule has 9 nitrogen and oxygen atoms in total. The molecule has 174 valence electrons. The van der Waals surface area contributed by atoms with Crippen LogP contribution in [-0.4, -0.2) is 64.1 Å². The summed E-state index contributed by atoms with van der Waals surface area (Å²) in [7, 11) is 0. The average molecular weight is 442 g/mol. The van der Waals surface area contributed by atoms with Crippen LogP contribution in [0.3, 0.4) is 0 Å². The van der Waals surface area contributed by atoms with Crippen LogP contribution in [-0.2, 0) is 11.3 Å². The van der Waals surface area contributed by atoms with Crippen LogP contribution >= 0.6 is 0 Å². The summed E-state index contributed by atoms with van der Waals surface area (Å²) in [4.78, 5) is 35.1. The molecular weight excluding hydrogens is 406 g/mol. The Balaban J connectivity index is 1.45. The number of hydrogen-bond acceptors (Lipinski definition) is 4. The summed E-state index contributed by atoms with van der Waals surface area (Å²) in [6, 6.07) is 7.87. The average Bonchev–Trinajstić information content (AvgIpc) is 3.21. The number of urea groups is 1. The topological polar surface area (TPSA) is 104 Å². The molecule has 2 aromatic rings. The van der Waals surface area contributed by atoms with Gasteiger partial charge in [-0.05, 0) is 52.2 Å². The highest BCUT2D eigenvalue weighted by Crippen LogP contribution is 2.20. The van der Waals surface area contributed by atoms with Crippen molar-refractivity contribution in [2.45, 2.75) is 59.0 Å². The third-order valence-electron chi connectivity index (χ3n) is 5.90. The lowest BCUT2D eigenvalue weighted by Crippen LogP contribution is -2.43. The highest BCUT2D eigenvalue weighted by molar-refractivity contribution is 6.06. The standard InChI is InChI=1S/C23H35N7O2/c1-5-23(4)20(31)30(22(32)28-23)16-10-14-26-21(24-6-2)25-13-9-15-29-17(3)27-18-11-7-8-12-19(18)29/h7-8,11-12H,5-6,9-10,13-16H2,1-4H3,(H,28,32)(H2,24,25,26). The van der Waals surface area contributed by atoms with Gasteiger partial charge >= 0.3 is 6.03 Å². The molecule has 1 saturated heterocycles. The number of carbonyl (C=O) groups excluding carboxylic acids is 2. The number of aromatic nitrogens is 2. The van der Waals surface area contributed by atoms with Crippen LogP contribution in [0.5, 0.6) is 0 Å². The number of guanidine groups is 1. The molecule has 3 rings (SSSR count). The minimum absolute atomic E-state index is 0.152. The van der Waals surface area contributed by atoms with Gasteiger partial charge in [0.15, 0.2) is 5.96 Å². The SMILES string of the molecule is CCNC(=NCCCN1C(=O)NC(C)(CC)C1=O)NCCCn1c(C)nc2ccccc21. The molecular formula is C23H35N7O2. The Morgan fingerprint density at radius 2 is 1.94 bits per heavy atom. The largest absolute Gasteiger partial charge is 0.357 e. The van der Waals surface area contributed by atoms with E-state index in [4.69, 9.17) is 0 Å². The summed E-state index contributed by atoms with van der Waals surface area (Å²) in [5, 5.41) is 9.39. The van der Waals surface area contributed by atoms with E-state index in [1.54, 1.807) is 6.92 Å². The molecule has 1 aliphatic rings. The van der Waals surface area contributed by atoms with E-state index in [0.717, 1.165) is 48.9 Å². The quantitative estimate of drug-likeness (QED) is 0.227. The summed E-state index contributed by atoms with van der Waals surface area (Å²) < 4.78 is 2.24. The molecule has 0 bridgehead atoms. The van der Waals surface area contributed by atoms with E-state index in [1.807, 2.05) is 39.0 Å². The summed E-state index contributed by atoms with van der Waals surface area (Å²) >= 11 is 0. The van der Waals surface area contributed by atoms with Crippen molar-refractivity contribution < 1.29 is 9.59 Å². The second kappa shape index (κ2) is 10.5. The molecule has 1 aromatic heterocycles. The molecule has 1 aromatic carbocycles. The van der Waals surface area contributed by atoms with E-state index in [9.17, 15) is 9.59 Å². The maximum absolute atomic E-state index is 12.5. The monoisotopic (exact) mass is 441 g/mol. The fraction of sp³-hybridized carbons (Fsp3) is 0.565. The van der Waals surface area contributed by atoms with Crippen LogP contribution in [0.2, 0.25) is 0 Å². The van der Waals surface area contributed by atoms with Gasteiger partial charge in [-0.15, -0.1) is 0 Å². The summed E-state index contributed by atoms with van der Waals surface area (Å²) in [6.45, 7) is 11.0. The number of imide groups is 1. The zero-order valence-corrected chi connectivity index (χ0v) is 19.6. The maximum atomic E-state index is 12.5. The summed E-state index contributed by atoms with van der Waals surface area (Å²) in [5.74, 6) is 1.61. The van der Waals surface area contributed by atoms with Gasteiger partial charge in [-0.25, -0.2) is 9.78 Å². The highest BCUT2D eigenvalue weighted by Gasteiger charge is 2.45. The number of nitrogens with one attached hydrogen (secondary N) is 3. The van der Waals surface area contributed by atoms with Gasteiger partial charge in [0.05, 0.1) is 11.0 Å². The smallest absolute Gasteiger partial charge is 0.325 e. The predicted molar refractivity (Wildman–Crippen MR) is 127 cm³/mol. The minimum Gasteiger partial charge on any atom is -0.357 e. The molecule has 9 heteroatoms. The van der Waals surface area contributed by atoms with E-state index >= 15 is 0 Å². The first kappa shape index (κ1) is 23.6. The number of hydrogen-bond donors (Lipinski definition) is 3. The molecule has 2 heterocycles.